The van der Waals surface area contributed by atoms with Gasteiger partial charge in [0.15, 0.2) is 0 Å². The van der Waals surface area contributed by atoms with E-state index in [1.54, 1.807) is 42.5 Å². The maximum Gasteiger partial charge on any atom is 0.260 e. The monoisotopic (exact) mass is 496 g/mol. The molecule has 2 aliphatic carbocycles. The first-order valence-electron chi connectivity index (χ1n) is 11.1. The number of rotatable bonds is 6. The third-order valence-corrected chi connectivity index (χ3v) is 7.84. The highest BCUT2D eigenvalue weighted by atomic mass is 32.2. The molecule has 1 amide bonds. The Morgan fingerprint density at radius 2 is 1.71 bits per heavy atom. The Hall–Kier alpha value is -2.46. The van der Waals surface area contributed by atoms with E-state index < -0.39 is 63.8 Å². The molecule has 0 aromatic heterocycles. The smallest absolute Gasteiger partial charge is 0.260 e. The highest BCUT2D eigenvalue weighted by Crippen LogP contribution is 2.55. The molecule has 4 aliphatic rings. The van der Waals surface area contributed by atoms with Gasteiger partial charge in [0.1, 0.15) is 17.4 Å². The van der Waals surface area contributed by atoms with Gasteiger partial charge in [0.2, 0.25) is 15.9 Å². The zero-order chi connectivity index (χ0) is 24.5. The van der Waals surface area contributed by atoms with Crippen molar-refractivity contribution in [3.63, 3.8) is 0 Å². The van der Waals surface area contributed by atoms with Crippen molar-refractivity contribution in [3.05, 3.63) is 59.9 Å². The number of hydrogen-bond donors (Lipinski definition) is 1. The maximum atomic E-state index is 15.6. The largest absolute Gasteiger partial charge is 0.334 e. The minimum Gasteiger partial charge on any atom is -0.334 e. The Morgan fingerprint density at radius 3 is 2.29 bits per heavy atom. The van der Waals surface area contributed by atoms with Crippen LogP contribution in [0.25, 0.3) is 11.1 Å². The van der Waals surface area contributed by atoms with Gasteiger partial charge in [0.05, 0.1) is 18.3 Å². The van der Waals surface area contributed by atoms with Crippen molar-refractivity contribution < 1.29 is 30.8 Å². The van der Waals surface area contributed by atoms with Gasteiger partial charge in [-0.2, -0.15) is 0 Å². The highest BCUT2D eigenvalue weighted by Gasteiger charge is 2.68. The van der Waals surface area contributed by atoms with E-state index >= 15 is 8.78 Å². The quantitative estimate of drug-likeness (QED) is 0.621. The zero-order valence-corrected chi connectivity index (χ0v) is 19.2. The average Bonchev–Trinajstić information content (AvgIpc) is 3.38. The lowest BCUT2D eigenvalue weighted by Gasteiger charge is -2.61. The van der Waals surface area contributed by atoms with Crippen molar-refractivity contribution in [1.29, 1.82) is 0 Å². The summed E-state index contributed by atoms with van der Waals surface area (Å²) in [4.78, 5) is 14.3. The molecule has 4 fully saturated rings. The minimum atomic E-state index is -3.90. The van der Waals surface area contributed by atoms with Gasteiger partial charge in [-0.3, -0.25) is 4.79 Å². The summed E-state index contributed by atoms with van der Waals surface area (Å²) in [7, 11) is -3.90. The van der Waals surface area contributed by atoms with Crippen LogP contribution in [0.2, 0.25) is 0 Å². The van der Waals surface area contributed by atoms with Gasteiger partial charge in [-0.05, 0) is 17.5 Å². The predicted molar refractivity (Wildman–Crippen MR) is 118 cm³/mol. The van der Waals surface area contributed by atoms with Gasteiger partial charge in [-0.1, -0.05) is 48.5 Å². The van der Waals surface area contributed by atoms with Crippen molar-refractivity contribution in [2.24, 2.45) is 5.92 Å². The number of carbonyl (C=O) groups excluding carboxylic acids is 1. The van der Waals surface area contributed by atoms with Crippen molar-refractivity contribution in [2.75, 3.05) is 6.26 Å². The second kappa shape index (κ2) is 7.78. The summed E-state index contributed by atoms with van der Waals surface area (Å²) in [6, 6.07) is 10.3. The van der Waals surface area contributed by atoms with E-state index in [1.807, 2.05) is 0 Å². The molecule has 6 rings (SSSR count). The standard InChI is InChI=1S/C24H24F4N2O3S/c1-34(32,33)29-21-19(10-15-8-5-9-17(20(15)25)14-6-3-2-4-7-14)30(16-11-23(21,26)12-16)22(31)18-13-24(18,27)28/h2-9,16,18-19,21,29H,10-13H2,1H3/t16?,18-,19-,21+,23?/m0/s1. The van der Waals surface area contributed by atoms with Crippen LogP contribution in [0.3, 0.4) is 0 Å². The van der Waals surface area contributed by atoms with Crippen LogP contribution in [0.15, 0.2) is 48.5 Å². The summed E-state index contributed by atoms with van der Waals surface area (Å²) in [5, 5.41) is 0. The van der Waals surface area contributed by atoms with Crippen LogP contribution in [0.1, 0.15) is 24.8 Å². The van der Waals surface area contributed by atoms with Crippen LogP contribution in [0, 0.1) is 11.7 Å². The minimum absolute atomic E-state index is 0.146. The Bertz CT molecular complexity index is 1230. The average molecular weight is 497 g/mol. The van der Waals surface area contributed by atoms with Crippen molar-refractivity contribution >= 4 is 15.9 Å². The molecule has 0 radical (unpaired) electrons. The lowest BCUT2D eigenvalue weighted by molar-refractivity contribution is -0.170. The SMILES string of the molecule is CS(=O)(=O)N[C@@H]1[C@H](Cc2cccc(-c3ccccc3)c2F)N(C(=O)[C@@H]2CC2(F)F)C2CC1(F)C2. The van der Waals surface area contributed by atoms with E-state index in [4.69, 9.17) is 0 Å². The first kappa shape index (κ1) is 23.3. The topological polar surface area (TPSA) is 66.5 Å². The number of sulfonamides is 1. The first-order chi connectivity index (χ1) is 15.9. The van der Waals surface area contributed by atoms with Crippen LogP contribution < -0.4 is 4.72 Å². The normalized spacial score (nSPS) is 31.6. The molecule has 2 aromatic rings. The summed E-state index contributed by atoms with van der Waals surface area (Å²) in [5.74, 6) is -6.06. The molecule has 0 unspecified atom stereocenters. The maximum absolute atomic E-state index is 15.6. The van der Waals surface area contributed by atoms with Gasteiger partial charge < -0.3 is 4.90 Å². The van der Waals surface area contributed by atoms with Crippen molar-refractivity contribution in [2.45, 2.75) is 55.4 Å². The molecule has 2 aliphatic heterocycles. The molecule has 2 saturated heterocycles. The molecule has 2 saturated carbocycles. The van der Waals surface area contributed by atoms with Crippen LogP contribution >= 0.6 is 0 Å². The third kappa shape index (κ3) is 4.00. The fourth-order valence-corrected chi connectivity index (χ4v) is 6.22. The molecule has 5 nitrogen and oxygen atoms in total. The second-order valence-electron chi connectivity index (χ2n) is 9.64. The van der Waals surface area contributed by atoms with Crippen LogP contribution in [-0.2, 0) is 21.2 Å². The molecule has 3 atom stereocenters. The van der Waals surface area contributed by atoms with E-state index in [9.17, 15) is 22.0 Å². The van der Waals surface area contributed by atoms with Gasteiger partial charge in [-0.25, -0.2) is 30.7 Å². The van der Waals surface area contributed by atoms with E-state index in [2.05, 4.69) is 4.72 Å². The summed E-state index contributed by atoms with van der Waals surface area (Å²) >= 11 is 0. The Balaban J connectivity index is 1.54. The number of carbonyl (C=O) groups is 1. The molecule has 0 spiro atoms. The van der Waals surface area contributed by atoms with Crippen LogP contribution in [0.5, 0.6) is 0 Å². The number of piperidine rings is 2. The number of hydrogen-bond acceptors (Lipinski definition) is 3. The number of alkyl halides is 3. The first-order valence-corrected chi connectivity index (χ1v) is 13.0. The number of halogens is 4. The summed E-state index contributed by atoms with van der Waals surface area (Å²) in [5.41, 5.74) is -0.869. The molecule has 2 aromatic carbocycles. The predicted octanol–water partition coefficient (Wildman–Crippen LogP) is 3.69. The van der Waals surface area contributed by atoms with E-state index in [0.29, 0.717) is 11.1 Å². The summed E-state index contributed by atoms with van der Waals surface area (Å²) < 4.78 is 85.1. The lowest BCUT2D eigenvalue weighted by atomic mass is 9.64. The second-order valence-corrected chi connectivity index (χ2v) is 11.4. The zero-order valence-electron chi connectivity index (χ0n) is 18.3. The molecule has 10 heteroatoms. The number of nitrogens with one attached hydrogen (secondary N) is 1. The van der Waals surface area contributed by atoms with E-state index in [-0.39, 0.29) is 24.8 Å². The number of amides is 1. The molecule has 182 valence electrons. The molecular weight excluding hydrogens is 472 g/mol. The summed E-state index contributed by atoms with van der Waals surface area (Å²) in [6.07, 6.45) is -0.229. The molecule has 2 heterocycles. The molecular formula is C24H24F4N2O3S. The van der Waals surface area contributed by atoms with Crippen molar-refractivity contribution in [3.8, 4) is 11.1 Å². The van der Waals surface area contributed by atoms with Crippen LogP contribution in [0.4, 0.5) is 17.6 Å². The van der Waals surface area contributed by atoms with Gasteiger partial charge in [0.25, 0.3) is 5.92 Å². The van der Waals surface area contributed by atoms with E-state index in [1.165, 1.54) is 11.0 Å². The Labute approximate surface area is 195 Å². The number of nitrogens with zero attached hydrogens (tertiary/aromatic N) is 1. The summed E-state index contributed by atoms with van der Waals surface area (Å²) in [6.45, 7) is 0. The Kier molecular flexibility index (Phi) is 5.33. The molecule has 2 bridgehead atoms. The van der Waals surface area contributed by atoms with Gasteiger partial charge in [-0.15, -0.1) is 0 Å². The van der Waals surface area contributed by atoms with Gasteiger partial charge in [0, 0.05) is 30.9 Å². The van der Waals surface area contributed by atoms with Crippen LogP contribution in [-0.4, -0.2) is 55.2 Å². The molecule has 34 heavy (non-hydrogen) atoms. The lowest BCUT2D eigenvalue weighted by Crippen LogP contribution is -2.77. The number of fused-ring (bicyclic) bond motifs is 2. The highest BCUT2D eigenvalue weighted by molar-refractivity contribution is 7.88. The number of benzene rings is 2. The van der Waals surface area contributed by atoms with Gasteiger partial charge >= 0.3 is 0 Å². The van der Waals surface area contributed by atoms with E-state index in [0.717, 1.165) is 6.26 Å². The fraction of sp³-hybridized carbons (Fsp3) is 0.458. The third-order valence-electron chi connectivity index (χ3n) is 7.15. The molecule has 1 N–H and O–H groups in total. The Morgan fingerprint density at radius 1 is 1.06 bits per heavy atom. The fourth-order valence-electron chi connectivity index (χ4n) is 5.39. The van der Waals surface area contributed by atoms with Crippen molar-refractivity contribution in [1.82, 2.24) is 9.62 Å².